The summed E-state index contributed by atoms with van der Waals surface area (Å²) in [6, 6.07) is 3.51. The highest BCUT2D eigenvalue weighted by Gasteiger charge is 2.56. The maximum Gasteiger partial charge on any atom is 0.254 e. The number of carbonyl (C=O) groups excluding carboxylic acids is 2. The Kier molecular flexibility index (Phi) is 4.34. The third kappa shape index (κ3) is 2.57. The monoisotopic (exact) mass is 418 g/mol. The maximum atomic E-state index is 12.8. The lowest BCUT2D eigenvalue weighted by atomic mass is 9.63. The number of halogens is 1. The number of ether oxygens (including phenoxy) is 2. The lowest BCUT2D eigenvalue weighted by molar-refractivity contribution is -0.140. The first kappa shape index (κ1) is 17.3. The molecule has 136 valence electrons. The Morgan fingerprint density at radius 3 is 2.12 bits per heavy atom. The minimum atomic E-state index is -0.257. The Hall–Kier alpha value is -2.15. The van der Waals surface area contributed by atoms with Crippen molar-refractivity contribution < 1.29 is 19.1 Å². The highest BCUT2D eigenvalue weighted by atomic mass is 79.9. The molecule has 5 rings (SSSR count). The molecule has 2 fully saturated rings. The van der Waals surface area contributed by atoms with Gasteiger partial charge in [0.2, 0.25) is 0 Å². The van der Waals surface area contributed by atoms with Crippen LogP contribution in [0.25, 0.3) is 0 Å². The second-order valence-electron chi connectivity index (χ2n) is 6.80. The van der Waals surface area contributed by atoms with Crippen molar-refractivity contribution in [3.63, 3.8) is 0 Å². The Morgan fingerprint density at radius 2 is 1.62 bits per heavy atom. The van der Waals surface area contributed by atoms with Crippen molar-refractivity contribution in [2.45, 2.75) is 12.8 Å². The van der Waals surface area contributed by atoms with Crippen molar-refractivity contribution >= 4 is 34.0 Å². The number of fused-ring (bicyclic) bond motifs is 1. The molecule has 0 spiro atoms. The molecule has 26 heavy (non-hydrogen) atoms. The van der Waals surface area contributed by atoms with Gasteiger partial charge in [-0.1, -0.05) is 12.2 Å². The van der Waals surface area contributed by atoms with Crippen LogP contribution in [0.4, 0.5) is 0 Å². The van der Waals surface area contributed by atoms with Gasteiger partial charge in [0, 0.05) is 11.6 Å². The number of hydrogen-bond donors (Lipinski definition) is 0. The number of nitrogens with zero attached hydrogens (tertiary/aromatic N) is 2. The maximum absolute atomic E-state index is 12.8. The molecule has 1 saturated heterocycles. The number of methoxy groups -OCH3 is 2. The second kappa shape index (κ2) is 6.54. The van der Waals surface area contributed by atoms with E-state index in [4.69, 9.17) is 9.47 Å². The summed E-state index contributed by atoms with van der Waals surface area (Å²) >= 11 is 3.42. The first-order chi connectivity index (χ1) is 12.5. The average molecular weight is 419 g/mol. The zero-order valence-electron chi connectivity index (χ0n) is 14.5. The molecule has 4 aliphatic rings. The summed E-state index contributed by atoms with van der Waals surface area (Å²) in [5, 5.41) is 5.27. The summed E-state index contributed by atoms with van der Waals surface area (Å²) in [5.74, 6) is 0.593. The van der Waals surface area contributed by atoms with E-state index < -0.39 is 0 Å². The molecule has 1 aliphatic heterocycles. The average Bonchev–Trinajstić information content (AvgIpc) is 2.94. The molecule has 7 heteroatoms. The van der Waals surface area contributed by atoms with Crippen LogP contribution in [0, 0.1) is 23.7 Å². The van der Waals surface area contributed by atoms with Gasteiger partial charge < -0.3 is 9.47 Å². The molecule has 2 amide bonds. The van der Waals surface area contributed by atoms with Gasteiger partial charge >= 0.3 is 0 Å². The van der Waals surface area contributed by atoms with Gasteiger partial charge in [0.25, 0.3) is 11.8 Å². The Bertz CT molecular complexity index is 803. The van der Waals surface area contributed by atoms with E-state index in [-0.39, 0.29) is 35.5 Å². The molecule has 0 radical (unpaired) electrons. The zero-order chi connectivity index (χ0) is 18.4. The summed E-state index contributed by atoms with van der Waals surface area (Å²) in [4.78, 5) is 25.6. The molecule has 1 aromatic carbocycles. The SMILES string of the molecule is COc1cc(OC)c(/C=N\N2C(=O)[C@@H]3[C@@H](C2=O)[C@H]2C=C[C@H]3CC2)cc1Br. The van der Waals surface area contributed by atoms with Crippen LogP contribution in [0.15, 0.2) is 33.9 Å². The number of imide groups is 1. The highest BCUT2D eigenvalue weighted by Crippen LogP contribution is 2.49. The number of hydrogen-bond acceptors (Lipinski definition) is 5. The molecule has 1 aromatic rings. The van der Waals surface area contributed by atoms with Crippen molar-refractivity contribution in [1.29, 1.82) is 0 Å². The quantitative estimate of drug-likeness (QED) is 0.428. The van der Waals surface area contributed by atoms with E-state index in [1.165, 1.54) is 6.21 Å². The van der Waals surface area contributed by atoms with Crippen LogP contribution < -0.4 is 9.47 Å². The number of allylic oxidation sites excluding steroid dienone is 2. The number of amides is 2. The van der Waals surface area contributed by atoms with E-state index in [1.807, 2.05) is 0 Å². The van der Waals surface area contributed by atoms with Gasteiger partial charge in [-0.05, 0) is 46.7 Å². The molecular formula is C19H19BrN2O4. The molecule has 0 unspecified atom stereocenters. The van der Waals surface area contributed by atoms with Crippen LogP contribution in [0.2, 0.25) is 0 Å². The molecular weight excluding hydrogens is 400 g/mol. The van der Waals surface area contributed by atoms with E-state index in [9.17, 15) is 9.59 Å². The first-order valence-corrected chi connectivity index (χ1v) is 9.36. The third-order valence-electron chi connectivity index (χ3n) is 5.55. The Labute approximate surface area is 160 Å². The van der Waals surface area contributed by atoms with Gasteiger partial charge in [-0.15, -0.1) is 0 Å². The van der Waals surface area contributed by atoms with Crippen molar-refractivity contribution in [3.8, 4) is 11.5 Å². The molecule has 1 heterocycles. The summed E-state index contributed by atoms with van der Waals surface area (Å²) < 4.78 is 11.3. The van der Waals surface area contributed by atoms with Crippen molar-refractivity contribution in [2.75, 3.05) is 14.2 Å². The van der Waals surface area contributed by atoms with Gasteiger partial charge in [0.1, 0.15) is 11.5 Å². The van der Waals surface area contributed by atoms with Crippen molar-refractivity contribution in [2.24, 2.45) is 28.8 Å². The number of rotatable bonds is 4. The molecule has 1 saturated carbocycles. The molecule has 0 N–H and O–H groups in total. The van der Waals surface area contributed by atoms with E-state index >= 15 is 0 Å². The Morgan fingerprint density at radius 1 is 1.04 bits per heavy atom. The predicted octanol–water partition coefficient (Wildman–Crippen LogP) is 3.00. The lowest BCUT2D eigenvalue weighted by Crippen LogP contribution is -2.38. The first-order valence-electron chi connectivity index (χ1n) is 8.56. The zero-order valence-corrected chi connectivity index (χ0v) is 16.1. The molecule has 3 aliphatic carbocycles. The number of benzene rings is 1. The van der Waals surface area contributed by atoms with E-state index in [0.29, 0.717) is 17.1 Å². The van der Waals surface area contributed by atoms with Crippen molar-refractivity contribution in [1.82, 2.24) is 5.01 Å². The van der Waals surface area contributed by atoms with Gasteiger partial charge in [-0.25, -0.2) is 0 Å². The van der Waals surface area contributed by atoms with Gasteiger partial charge in [0.05, 0.1) is 36.7 Å². The van der Waals surface area contributed by atoms with Gasteiger partial charge in [-0.3, -0.25) is 9.59 Å². The van der Waals surface area contributed by atoms with Crippen molar-refractivity contribution in [3.05, 3.63) is 34.3 Å². The van der Waals surface area contributed by atoms with Crippen LogP contribution in [0.3, 0.4) is 0 Å². The summed E-state index contributed by atoms with van der Waals surface area (Å²) in [6.45, 7) is 0. The molecule has 4 atom stereocenters. The van der Waals surface area contributed by atoms with Crippen LogP contribution >= 0.6 is 15.9 Å². The van der Waals surface area contributed by atoms with E-state index in [0.717, 1.165) is 22.3 Å². The van der Waals surface area contributed by atoms with E-state index in [2.05, 4.69) is 33.2 Å². The predicted molar refractivity (Wildman–Crippen MR) is 99.0 cm³/mol. The minimum absolute atomic E-state index is 0.159. The highest BCUT2D eigenvalue weighted by molar-refractivity contribution is 9.10. The minimum Gasteiger partial charge on any atom is -0.496 e. The number of hydrazone groups is 1. The summed E-state index contributed by atoms with van der Waals surface area (Å²) in [6.07, 6.45) is 7.62. The summed E-state index contributed by atoms with van der Waals surface area (Å²) in [7, 11) is 3.11. The lowest BCUT2D eigenvalue weighted by Gasteiger charge is -2.37. The Balaban J connectivity index is 1.63. The molecule has 0 aromatic heterocycles. The van der Waals surface area contributed by atoms with Crippen LogP contribution in [-0.4, -0.2) is 37.3 Å². The fraction of sp³-hybridized carbons (Fsp3) is 0.421. The molecule has 2 bridgehead atoms. The molecule has 6 nitrogen and oxygen atoms in total. The van der Waals surface area contributed by atoms with Crippen LogP contribution in [0.1, 0.15) is 18.4 Å². The fourth-order valence-electron chi connectivity index (χ4n) is 4.28. The topological polar surface area (TPSA) is 68.2 Å². The number of carbonyl (C=O) groups is 2. The largest absolute Gasteiger partial charge is 0.496 e. The van der Waals surface area contributed by atoms with Gasteiger partial charge in [-0.2, -0.15) is 10.1 Å². The smallest absolute Gasteiger partial charge is 0.254 e. The van der Waals surface area contributed by atoms with Crippen LogP contribution in [0.5, 0.6) is 11.5 Å². The second-order valence-corrected chi connectivity index (χ2v) is 7.66. The van der Waals surface area contributed by atoms with Crippen LogP contribution in [-0.2, 0) is 9.59 Å². The third-order valence-corrected chi connectivity index (χ3v) is 6.17. The summed E-state index contributed by atoms with van der Waals surface area (Å²) in [5.41, 5.74) is 0.650. The normalized spacial score (nSPS) is 29.6. The van der Waals surface area contributed by atoms with E-state index in [1.54, 1.807) is 26.4 Å². The fourth-order valence-corrected chi connectivity index (χ4v) is 4.80. The standard InChI is InChI=1S/C19H19BrN2O4/c1-25-14-8-15(26-2)13(20)7-12(14)9-21-22-18(23)16-10-3-4-11(6-5-10)17(16)19(22)24/h3-4,7-11,16-17H,5-6H2,1-2H3/b21-9-/t10-,11-,16-,17-/m0/s1. The van der Waals surface area contributed by atoms with Gasteiger partial charge in [0.15, 0.2) is 0 Å².